The quantitative estimate of drug-likeness (QED) is 0.557. The van der Waals surface area contributed by atoms with Crippen molar-refractivity contribution in [2.75, 3.05) is 20.1 Å². The fourth-order valence-electron chi connectivity index (χ4n) is 2.38. The van der Waals surface area contributed by atoms with Crippen molar-refractivity contribution in [3.8, 4) is 0 Å². The molecular weight excluding hydrogens is 295 g/mol. The molecule has 0 saturated carbocycles. The van der Waals surface area contributed by atoms with Crippen LogP contribution in [-0.2, 0) is 10.0 Å². The van der Waals surface area contributed by atoms with E-state index in [1.54, 1.807) is 0 Å². The number of benzene rings is 1. The topological polar surface area (TPSA) is 99.3 Å². The molecule has 116 valence electrons. The van der Waals surface area contributed by atoms with Gasteiger partial charge in [-0.25, -0.2) is 12.8 Å². The minimum atomic E-state index is -3.93. The molecule has 0 unspecified atom stereocenters. The van der Waals surface area contributed by atoms with E-state index in [-0.39, 0.29) is 10.7 Å². The summed E-state index contributed by atoms with van der Waals surface area (Å²) in [5.74, 6) is -0.839. The zero-order valence-electron chi connectivity index (χ0n) is 11.8. The zero-order valence-corrected chi connectivity index (χ0v) is 12.6. The first-order valence-corrected chi connectivity index (χ1v) is 8.06. The first kappa shape index (κ1) is 15.9. The third-order valence-corrected chi connectivity index (χ3v) is 5.33. The molecule has 0 aromatic heterocycles. The molecule has 1 aliphatic heterocycles. The Morgan fingerprint density at radius 3 is 2.57 bits per heavy atom. The van der Waals surface area contributed by atoms with Gasteiger partial charge in [0.1, 0.15) is 11.7 Å². The minimum absolute atomic E-state index is 0.165. The molecule has 0 atom stereocenters. The summed E-state index contributed by atoms with van der Waals surface area (Å²) in [4.78, 5) is 1.87. The predicted octanol–water partition coefficient (Wildman–Crippen LogP) is 0.504. The van der Waals surface area contributed by atoms with Crippen molar-refractivity contribution in [1.82, 2.24) is 9.62 Å². The van der Waals surface area contributed by atoms with Gasteiger partial charge < -0.3 is 10.6 Å². The van der Waals surface area contributed by atoms with Crippen molar-refractivity contribution < 1.29 is 12.8 Å². The molecule has 2 rings (SSSR count). The molecule has 0 radical (unpaired) electrons. The maximum absolute atomic E-state index is 13.2. The van der Waals surface area contributed by atoms with Crippen LogP contribution in [0.25, 0.3) is 0 Å². The molecule has 4 N–H and O–H groups in total. The predicted molar refractivity (Wildman–Crippen MR) is 78.1 cm³/mol. The third-order valence-electron chi connectivity index (χ3n) is 3.79. The van der Waals surface area contributed by atoms with Crippen LogP contribution in [0.4, 0.5) is 4.39 Å². The monoisotopic (exact) mass is 314 g/mol. The third kappa shape index (κ3) is 3.39. The largest absolute Gasteiger partial charge is 0.386 e. The Morgan fingerprint density at radius 2 is 2.05 bits per heavy atom. The fourth-order valence-corrected chi connectivity index (χ4v) is 3.85. The van der Waals surface area contributed by atoms with E-state index in [4.69, 9.17) is 11.1 Å². The summed E-state index contributed by atoms with van der Waals surface area (Å²) in [7, 11) is -2.01. The van der Waals surface area contributed by atoms with Crippen LogP contribution in [-0.4, -0.2) is 44.8 Å². The van der Waals surface area contributed by atoms with Crippen LogP contribution >= 0.6 is 0 Å². The van der Waals surface area contributed by atoms with Gasteiger partial charge in [-0.15, -0.1) is 0 Å². The lowest BCUT2D eigenvalue weighted by Crippen LogP contribution is -2.61. The summed E-state index contributed by atoms with van der Waals surface area (Å²) >= 11 is 0. The molecule has 1 aromatic carbocycles. The standard InChI is InChI=1S/C13H19FN4O2S/c1-18-7-5-13(6-8-18,12(15)16)17-21(19,20)11-4-2-3-10(14)9-11/h2-4,9,17H,5-8H2,1H3,(H3,15,16). The number of sulfonamides is 1. The van der Waals surface area contributed by atoms with Crippen molar-refractivity contribution in [2.45, 2.75) is 23.3 Å². The molecule has 1 saturated heterocycles. The molecule has 1 fully saturated rings. The lowest BCUT2D eigenvalue weighted by Gasteiger charge is -2.39. The summed E-state index contributed by atoms with van der Waals surface area (Å²) in [6.07, 6.45) is 0.820. The van der Waals surface area contributed by atoms with E-state index in [0.29, 0.717) is 25.9 Å². The number of hydrogen-bond acceptors (Lipinski definition) is 4. The number of likely N-dealkylation sites (tertiary alicyclic amines) is 1. The summed E-state index contributed by atoms with van der Waals surface area (Å²) in [5.41, 5.74) is 4.53. The average molecular weight is 314 g/mol. The van der Waals surface area contributed by atoms with E-state index in [1.807, 2.05) is 11.9 Å². The zero-order chi connectivity index (χ0) is 15.7. The lowest BCUT2D eigenvalue weighted by atomic mass is 9.88. The molecule has 8 heteroatoms. The van der Waals surface area contributed by atoms with Gasteiger partial charge in [-0.3, -0.25) is 5.41 Å². The molecule has 1 heterocycles. The summed E-state index contributed by atoms with van der Waals surface area (Å²) in [5, 5.41) is 7.75. The highest BCUT2D eigenvalue weighted by Crippen LogP contribution is 2.24. The van der Waals surface area contributed by atoms with Gasteiger partial charge in [0.05, 0.1) is 10.4 Å². The van der Waals surface area contributed by atoms with Crippen LogP contribution in [0.2, 0.25) is 0 Å². The van der Waals surface area contributed by atoms with Crippen molar-refractivity contribution in [2.24, 2.45) is 5.73 Å². The molecule has 0 aliphatic carbocycles. The normalized spacial score (nSPS) is 19.3. The summed E-state index contributed by atoms with van der Waals surface area (Å²) in [6.45, 7) is 1.26. The van der Waals surface area contributed by atoms with Gasteiger partial charge >= 0.3 is 0 Å². The van der Waals surface area contributed by atoms with Crippen LogP contribution in [0.1, 0.15) is 12.8 Å². The second-order valence-corrected chi connectivity index (χ2v) is 7.04. The molecule has 0 amide bonds. The first-order valence-electron chi connectivity index (χ1n) is 6.58. The second-order valence-electron chi connectivity index (χ2n) is 5.36. The Morgan fingerprint density at radius 1 is 1.43 bits per heavy atom. The van der Waals surface area contributed by atoms with Crippen LogP contribution in [0.5, 0.6) is 0 Å². The van der Waals surface area contributed by atoms with Gasteiger partial charge in [0.15, 0.2) is 0 Å². The van der Waals surface area contributed by atoms with Gasteiger partial charge in [0.2, 0.25) is 10.0 Å². The van der Waals surface area contributed by atoms with E-state index in [1.165, 1.54) is 18.2 Å². The fraction of sp³-hybridized carbons (Fsp3) is 0.462. The number of halogens is 1. The number of nitrogens with one attached hydrogen (secondary N) is 2. The average Bonchev–Trinajstić information content (AvgIpc) is 2.41. The van der Waals surface area contributed by atoms with Crippen molar-refractivity contribution in [3.63, 3.8) is 0 Å². The molecule has 1 aliphatic rings. The molecule has 21 heavy (non-hydrogen) atoms. The van der Waals surface area contributed by atoms with E-state index in [2.05, 4.69) is 4.72 Å². The van der Waals surface area contributed by atoms with Gasteiger partial charge in [-0.05, 0) is 38.1 Å². The smallest absolute Gasteiger partial charge is 0.241 e. The molecule has 0 bridgehead atoms. The van der Waals surface area contributed by atoms with Crippen LogP contribution in [0, 0.1) is 11.2 Å². The minimum Gasteiger partial charge on any atom is -0.386 e. The highest BCUT2D eigenvalue weighted by Gasteiger charge is 2.40. The Balaban J connectivity index is 2.30. The van der Waals surface area contributed by atoms with Crippen LogP contribution in [0.15, 0.2) is 29.2 Å². The maximum atomic E-state index is 13.2. The van der Waals surface area contributed by atoms with E-state index in [9.17, 15) is 12.8 Å². The van der Waals surface area contributed by atoms with Gasteiger partial charge in [-0.2, -0.15) is 4.72 Å². The Labute approximate surface area is 123 Å². The molecule has 6 nitrogen and oxygen atoms in total. The van der Waals surface area contributed by atoms with E-state index < -0.39 is 21.4 Å². The Kier molecular flexibility index (Phi) is 4.31. The number of nitrogens with zero attached hydrogens (tertiary/aromatic N) is 1. The number of rotatable bonds is 4. The van der Waals surface area contributed by atoms with Crippen molar-refractivity contribution in [1.29, 1.82) is 5.41 Å². The van der Waals surface area contributed by atoms with Crippen molar-refractivity contribution in [3.05, 3.63) is 30.1 Å². The van der Waals surface area contributed by atoms with Crippen molar-refractivity contribution >= 4 is 15.9 Å². The Bertz CT molecular complexity index is 639. The van der Waals surface area contributed by atoms with Crippen LogP contribution in [0.3, 0.4) is 0 Å². The highest BCUT2D eigenvalue weighted by molar-refractivity contribution is 7.89. The molecule has 0 spiro atoms. The first-order chi connectivity index (χ1) is 9.75. The van der Waals surface area contributed by atoms with Gasteiger partial charge in [0.25, 0.3) is 0 Å². The van der Waals surface area contributed by atoms with E-state index in [0.717, 1.165) is 6.07 Å². The molecular formula is C13H19FN4O2S. The second kappa shape index (κ2) is 5.70. The number of amidine groups is 1. The van der Waals surface area contributed by atoms with E-state index >= 15 is 0 Å². The number of piperidine rings is 1. The number of hydrogen-bond donors (Lipinski definition) is 3. The SMILES string of the molecule is CN1CCC(NS(=O)(=O)c2cccc(F)c2)(C(=N)N)CC1. The maximum Gasteiger partial charge on any atom is 0.241 e. The van der Waals surface area contributed by atoms with Crippen LogP contribution < -0.4 is 10.5 Å². The Hall–Kier alpha value is -1.51. The van der Waals surface area contributed by atoms with Gasteiger partial charge in [-0.1, -0.05) is 6.07 Å². The number of nitrogens with two attached hydrogens (primary N) is 1. The summed E-state index contributed by atoms with van der Waals surface area (Å²) < 4.78 is 40.5. The molecule has 1 aromatic rings. The highest BCUT2D eigenvalue weighted by atomic mass is 32.2. The lowest BCUT2D eigenvalue weighted by molar-refractivity contribution is 0.218. The summed E-state index contributed by atoms with van der Waals surface area (Å²) in [6, 6.07) is 4.77. The van der Waals surface area contributed by atoms with Gasteiger partial charge in [0, 0.05) is 13.1 Å².